The van der Waals surface area contributed by atoms with Gasteiger partial charge in [-0.05, 0) is 63.3 Å². The maximum Gasteiger partial charge on any atom is 0.144 e. The summed E-state index contributed by atoms with van der Waals surface area (Å²) in [7, 11) is 0. The number of nitrogens with one attached hydrogen (secondary N) is 1. The molecule has 200 valence electrons. The quantitative estimate of drug-likeness (QED) is 0.0752. The number of aliphatic hydroxyl groups is 1. The fraction of sp³-hybridized carbons (Fsp3) is 0.156. The van der Waals surface area contributed by atoms with Gasteiger partial charge in [-0.2, -0.15) is 0 Å². The number of phenolic OH excluding ortho intramolecular Hbond substituents is 1. The van der Waals surface area contributed by atoms with Crippen LogP contribution in [0.2, 0.25) is 0 Å². The lowest BCUT2D eigenvalue weighted by Gasteiger charge is -2.14. The first kappa shape index (κ1) is 33.3. The number of phenols is 1. The van der Waals surface area contributed by atoms with E-state index >= 15 is 0 Å². The third kappa shape index (κ3) is 15.3. The van der Waals surface area contributed by atoms with E-state index in [1.807, 2.05) is 25.2 Å². The van der Waals surface area contributed by atoms with Gasteiger partial charge in [0.1, 0.15) is 17.9 Å². The Morgan fingerprint density at radius 1 is 1.08 bits per heavy atom. The number of carbonyl (C=O) groups is 1. The minimum Gasteiger partial charge on any atom is -0.516 e. The molecule has 0 bridgehead atoms. The summed E-state index contributed by atoms with van der Waals surface area (Å²) in [5.74, 6) is 0.487. The lowest BCUT2D eigenvalue weighted by atomic mass is 10.1. The van der Waals surface area contributed by atoms with Gasteiger partial charge in [-0.25, -0.2) is 0 Å². The average Bonchev–Trinajstić information content (AvgIpc) is 2.96. The number of allylic oxidation sites excluding steroid dienone is 12. The van der Waals surface area contributed by atoms with Gasteiger partial charge in [0.2, 0.25) is 0 Å². The molecule has 2 rings (SSSR count). The molecule has 0 aliphatic heterocycles. The first-order valence-corrected chi connectivity index (χ1v) is 12.1. The number of aldehydes is 1. The minimum atomic E-state index is 0.0628. The highest BCUT2D eigenvalue weighted by Gasteiger charge is 2.11. The normalized spacial score (nSPS) is 13.5. The van der Waals surface area contributed by atoms with Crippen molar-refractivity contribution in [3.05, 3.63) is 133 Å². The van der Waals surface area contributed by atoms with Crippen LogP contribution < -0.4 is 5.32 Å². The van der Waals surface area contributed by atoms with Gasteiger partial charge >= 0.3 is 0 Å². The third-order valence-electron chi connectivity index (χ3n) is 4.54. The first-order chi connectivity index (χ1) is 18.5. The Morgan fingerprint density at radius 3 is 2.24 bits per heavy atom. The molecule has 0 heterocycles. The molecule has 0 spiro atoms. The van der Waals surface area contributed by atoms with Gasteiger partial charge in [0.15, 0.2) is 0 Å². The Hall–Kier alpha value is -4.71. The predicted molar refractivity (Wildman–Crippen MR) is 163 cm³/mol. The fourth-order valence-corrected chi connectivity index (χ4v) is 2.68. The topological polar surface area (TPSA) is 94.3 Å². The van der Waals surface area contributed by atoms with Crippen LogP contribution in [-0.4, -0.2) is 35.6 Å². The molecule has 1 aromatic carbocycles. The second-order valence-corrected chi connectivity index (χ2v) is 7.39. The smallest absolute Gasteiger partial charge is 0.144 e. The second-order valence-electron chi connectivity index (χ2n) is 7.39. The van der Waals surface area contributed by atoms with E-state index in [2.05, 4.69) is 59.5 Å². The predicted octanol–water partition coefficient (Wildman–Crippen LogP) is 7.54. The molecule has 0 aromatic heterocycles. The van der Waals surface area contributed by atoms with Gasteiger partial charge in [-0.15, -0.1) is 0 Å². The first-order valence-electron chi connectivity index (χ1n) is 12.1. The Bertz CT molecular complexity index is 1110. The number of aliphatic imine (C=N–C) groups is 2. The van der Waals surface area contributed by atoms with Crippen LogP contribution in [0.3, 0.4) is 0 Å². The fourth-order valence-electron chi connectivity index (χ4n) is 2.68. The number of hydrogen-bond donors (Lipinski definition) is 3. The summed E-state index contributed by atoms with van der Waals surface area (Å²) in [6.45, 7) is 15.0. The number of rotatable bonds is 10. The van der Waals surface area contributed by atoms with E-state index in [-0.39, 0.29) is 5.75 Å². The molecule has 38 heavy (non-hydrogen) atoms. The van der Waals surface area contributed by atoms with E-state index in [4.69, 9.17) is 5.11 Å². The van der Waals surface area contributed by atoms with Crippen LogP contribution in [0.4, 0.5) is 5.69 Å². The minimum absolute atomic E-state index is 0.0628. The van der Waals surface area contributed by atoms with Crippen molar-refractivity contribution in [3.63, 3.8) is 0 Å². The SMILES string of the molecule is C/C=C\O.C1=CCCC=C1.C=C/C=C\C(=C\C=O)NC(=NC/C(C=C)=C/C=C\C)c1cc(O)ccc1N=C. The largest absolute Gasteiger partial charge is 0.516 e. The summed E-state index contributed by atoms with van der Waals surface area (Å²) >= 11 is 0. The molecule has 0 unspecified atom stereocenters. The molecule has 0 atom stereocenters. The lowest BCUT2D eigenvalue weighted by Crippen LogP contribution is -2.24. The number of benzene rings is 1. The van der Waals surface area contributed by atoms with Crippen LogP contribution in [0.5, 0.6) is 5.75 Å². The molecule has 0 amide bonds. The van der Waals surface area contributed by atoms with Crippen molar-refractivity contribution < 1.29 is 15.0 Å². The van der Waals surface area contributed by atoms with Crippen LogP contribution in [0, 0.1) is 0 Å². The second kappa shape index (κ2) is 22.7. The maximum atomic E-state index is 11.0. The van der Waals surface area contributed by atoms with Crippen molar-refractivity contribution in [2.45, 2.75) is 26.7 Å². The highest BCUT2D eigenvalue weighted by Crippen LogP contribution is 2.24. The zero-order chi connectivity index (χ0) is 28.4. The average molecular weight is 514 g/mol. The van der Waals surface area contributed by atoms with Crippen LogP contribution in [0.25, 0.3) is 0 Å². The van der Waals surface area contributed by atoms with E-state index in [0.717, 1.165) is 11.8 Å². The number of aromatic hydroxyl groups is 1. The molecule has 0 saturated heterocycles. The molecule has 1 aliphatic carbocycles. The summed E-state index contributed by atoms with van der Waals surface area (Å²) in [5, 5.41) is 20.7. The zero-order valence-corrected chi connectivity index (χ0v) is 22.3. The van der Waals surface area contributed by atoms with Crippen LogP contribution >= 0.6 is 0 Å². The molecular weight excluding hydrogens is 474 g/mol. The monoisotopic (exact) mass is 513 g/mol. The summed E-state index contributed by atoms with van der Waals surface area (Å²) in [5.41, 5.74) is 2.49. The third-order valence-corrected chi connectivity index (χ3v) is 4.54. The van der Waals surface area contributed by atoms with Gasteiger partial charge in [0, 0.05) is 17.3 Å². The summed E-state index contributed by atoms with van der Waals surface area (Å²) in [4.78, 5) is 19.6. The number of nitrogens with zero attached hydrogens (tertiary/aromatic N) is 2. The summed E-state index contributed by atoms with van der Waals surface area (Å²) in [6.07, 6.45) is 28.0. The Balaban J connectivity index is 0.00000114. The Morgan fingerprint density at radius 2 is 1.76 bits per heavy atom. The van der Waals surface area contributed by atoms with Crippen molar-refractivity contribution in [2.75, 3.05) is 6.54 Å². The summed E-state index contributed by atoms with van der Waals surface area (Å²) < 4.78 is 0. The molecule has 0 saturated carbocycles. The number of aliphatic hydroxyl groups excluding tert-OH is 1. The summed E-state index contributed by atoms with van der Waals surface area (Å²) in [6, 6.07) is 4.70. The van der Waals surface area contributed by atoms with Gasteiger partial charge in [-0.3, -0.25) is 14.8 Å². The zero-order valence-electron chi connectivity index (χ0n) is 22.3. The number of amidine groups is 1. The van der Waals surface area contributed by atoms with Crippen LogP contribution in [0.15, 0.2) is 138 Å². The van der Waals surface area contributed by atoms with E-state index in [9.17, 15) is 9.90 Å². The van der Waals surface area contributed by atoms with Crippen LogP contribution in [0.1, 0.15) is 32.3 Å². The molecule has 6 heteroatoms. The molecule has 3 N–H and O–H groups in total. The number of carbonyl (C=O) groups excluding carboxylic acids is 1. The van der Waals surface area contributed by atoms with Crippen molar-refractivity contribution >= 4 is 24.5 Å². The molecular formula is C32H39N3O3. The van der Waals surface area contributed by atoms with Crippen molar-refractivity contribution in [2.24, 2.45) is 9.98 Å². The molecule has 6 nitrogen and oxygen atoms in total. The van der Waals surface area contributed by atoms with Crippen molar-refractivity contribution in [3.8, 4) is 5.75 Å². The van der Waals surface area contributed by atoms with Crippen molar-refractivity contribution in [1.29, 1.82) is 0 Å². The Labute approximate surface area is 227 Å². The highest BCUT2D eigenvalue weighted by molar-refractivity contribution is 6.05. The highest BCUT2D eigenvalue weighted by atomic mass is 16.3. The molecule has 0 radical (unpaired) electrons. The van der Waals surface area contributed by atoms with Gasteiger partial charge in [0.05, 0.1) is 18.5 Å². The standard InChI is InChI=1S/C23H25N3O2.C6H8.C3H6O/c1-5-8-10-18(7-3)17-25-23(26-19(14-15-27)11-9-6-2)21-16-20(28)12-13-22(21)24-4;1-2-4-6-5-3-1;1-2-3-4/h5-16,28H,2-4,17H2,1H3,(H,25,26);1-4H,5-6H2;2-4H,1H3/b8-5-,11-9-,18-10+,19-14-;;3-2-. The van der Waals surface area contributed by atoms with E-state index in [1.54, 1.807) is 43.4 Å². The van der Waals surface area contributed by atoms with E-state index < -0.39 is 0 Å². The maximum absolute atomic E-state index is 11.0. The van der Waals surface area contributed by atoms with Crippen molar-refractivity contribution in [1.82, 2.24) is 5.32 Å². The molecule has 1 aliphatic rings. The van der Waals surface area contributed by atoms with Crippen LogP contribution in [-0.2, 0) is 4.79 Å². The van der Waals surface area contributed by atoms with E-state index in [1.165, 1.54) is 31.1 Å². The lowest BCUT2D eigenvalue weighted by molar-refractivity contribution is -0.104. The number of hydrogen-bond acceptors (Lipinski definition) is 5. The molecule has 1 aromatic rings. The van der Waals surface area contributed by atoms with Gasteiger partial charge in [0.25, 0.3) is 0 Å². The van der Waals surface area contributed by atoms with E-state index in [0.29, 0.717) is 35.6 Å². The molecule has 0 fully saturated rings. The van der Waals surface area contributed by atoms with Gasteiger partial charge < -0.3 is 15.5 Å². The van der Waals surface area contributed by atoms with Gasteiger partial charge in [-0.1, -0.05) is 80.0 Å². The Kier molecular flexibility index (Phi) is 19.9.